The Kier molecular flexibility index (Phi) is 4.69. The highest BCUT2D eigenvalue weighted by molar-refractivity contribution is 6.05. The summed E-state index contributed by atoms with van der Waals surface area (Å²) in [4.78, 5) is 20.5. The van der Waals surface area contributed by atoms with Gasteiger partial charge in [-0.15, -0.1) is 0 Å². The molecule has 4 aromatic rings. The fourth-order valence-corrected chi connectivity index (χ4v) is 2.82. The summed E-state index contributed by atoms with van der Waals surface area (Å²) in [6, 6.07) is 7.83. The van der Waals surface area contributed by atoms with Gasteiger partial charge in [-0.3, -0.25) is 4.79 Å². The first-order valence-corrected chi connectivity index (χ1v) is 8.43. The van der Waals surface area contributed by atoms with Crippen molar-refractivity contribution in [3.05, 3.63) is 76.7 Å². The van der Waals surface area contributed by atoms with Gasteiger partial charge in [-0.2, -0.15) is 4.98 Å². The van der Waals surface area contributed by atoms with Crippen molar-refractivity contribution in [3.8, 4) is 11.5 Å². The molecule has 0 spiro atoms. The summed E-state index contributed by atoms with van der Waals surface area (Å²) >= 11 is 0. The number of nitrogens with zero attached hydrogens (tertiary/aromatic N) is 2. The molecular weight excluding hydrogens is 409 g/mol. The van der Waals surface area contributed by atoms with Crippen molar-refractivity contribution in [3.63, 3.8) is 0 Å². The molecule has 0 unspecified atom stereocenters. The number of fused-ring (bicyclic) bond motifs is 1. The number of pyridine rings is 1. The standard InChI is InChI=1S/C20H10F5N3O2/c1-8-7-9(20-28-18-11(30-20)3-2-6-26-18)4-5-10(8)27-19(29)12-13(21)15(23)17(25)16(24)14(12)22/h2-7H,1H3,(H,27,29). The number of rotatable bonds is 3. The second-order valence-electron chi connectivity index (χ2n) is 6.27. The highest BCUT2D eigenvalue weighted by Gasteiger charge is 2.30. The van der Waals surface area contributed by atoms with Crippen LogP contribution in [0.1, 0.15) is 15.9 Å². The Bertz CT molecular complexity index is 1260. The summed E-state index contributed by atoms with van der Waals surface area (Å²) in [7, 11) is 0. The zero-order valence-electron chi connectivity index (χ0n) is 15.1. The zero-order chi connectivity index (χ0) is 21.6. The Morgan fingerprint density at radius 2 is 1.63 bits per heavy atom. The molecule has 1 amide bonds. The fourth-order valence-electron chi connectivity index (χ4n) is 2.82. The van der Waals surface area contributed by atoms with E-state index >= 15 is 0 Å². The quantitative estimate of drug-likeness (QED) is 0.284. The normalized spacial score (nSPS) is 11.1. The molecule has 152 valence electrons. The molecule has 0 aliphatic carbocycles. The third-order valence-corrected chi connectivity index (χ3v) is 4.32. The maximum Gasteiger partial charge on any atom is 0.261 e. The predicted molar refractivity (Wildman–Crippen MR) is 96.2 cm³/mol. The molecule has 0 aliphatic rings. The van der Waals surface area contributed by atoms with Crippen LogP contribution in [-0.4, -0.2) is 15.9 Å². The van der Waals surface area contributed by atoms with Gasteiger partial charge in [0, 0.05) is 17.4 Å². The van der Waals surface area contributed by atoms with Gasteiger partial charge in [-0.05, 0) is 42.8 Å². The van der Waals surface area contributed by atoms with Gasteiger partial charge in [-0.1, -0.05) is 0 Å². The van der Waals surface area contributed by atoms with Crippen LogP contribution in [0.3, 0.4) is 0 Å². The van der Waals surface area contributed by atoms with E-state index in [-0.39, 0.29) is 11.6 Å². The van der Waals surface area contributed by atoms with Crippen molar-refractivity contribution >= 4 is 22.8 Å². The average molecular weight is 419 g/mol. The number of aromatic nitrogens is 2. The molecule has 0 saturated heterocycles. The molecule has 2 aromatic heterocycles. The molecule has 4 rings (SSSR count). The van der Waals surface area contributed by atoms with Crippen LogP contribution in [0, 0.1) is 36.0 Å². The average Bonchev–Trinajstić information content (AvgIpc) is 3.16. The highest BCUT2D eigenvalue weighted by Crippen LogP contribution is 2.28. The van der Waals surface area contributed by atoms with Gasteiger partial charge in [-0.25, -0.2) is 26.9 Å². The van der Waals surface area contributed by atoms with Crippen LogP contribution < -0.4 is 5.32 Å². The number of hydrogen-bond acceptors (Lipinski definition) is 4. The van der Waals surface area contributed by atoms with Crippen molar-refractivity contribution in [1.29, 1.82) is 0 Å². The number of hydrogen-bond donors (Lipinski definition) is 1. The smallest absolute Gasteiger partial charge is 0.261 e. The molecule has 30 heavy (non-hydrogen) atoms. The Labute approximate surface area is 165 Å². The van der Waals surface area contributed by atoms with Crippen LogP contribution >= 0.6 is 0 Å². The van der Waals surface area contributed by atoms with E-state index in [4.69, 9.17) is 4.42 Å². The Morgan fingerprint density at radius 1 is 0.967 bits per heavy atom. The number of oxazole rings is 1. The van der Waals surface area contributed by atoms with Crippen molar-refractivity contribution < 1.29 is 31.2 Å². The summed E-state index contributed by atoms with van der Waals surface area (Å²) in [5.74, 6) is -12.4. The van der Waals surface area contributed by atoms with Crippen LogP contribution in [0.5, 0.6) is 0 Å². The maximum absolute atomic E-state index is 13.8. The predicted octanol–water partition coefficient (Wildman–Crippen LogP) is 5.15. The summed E-state index contributed by atoms with van der Waals surface area (Å²) in [5, 5.41) is 2.15. The topological polar surface area (TPSA) is 68.0 Å². The molecule has 5 nitrogen and oxygen atoms in total. The third kappa shape index (κ3) is 3.15. The lowest BCUT2D eigenvalue weighted by atomic mass is 10.1. The first-order chi connectivity index (χ1) is 14.3. The number of nitrogens with one attached hydrogen (secondary N) is 1. The minimum atomic E-state index is -2.34. The molecule has 0 bridgehead atoms. The molecule has 0 saturated carbocycles. The Balaban J connectivity index is 1.66. The second kappa shape index (κ2) is 7.21. The van der Waals surface area contributed by atoms with E-state index in [9.17, 15) is 26.7 Å². The first-order valence-electron chi connectivity index (χ1n) is 8.43. The van der Waals surface area contributed by atoms with Gasteiger partial charge >= 0.3 is 0 Å². The lowest BCUT2D eigenvalue weighted by molar-refractivity contribution is 0.101. The van der Waals surface area contributed by atoms with Gasteiger partial charge in [0.2, 0.25) is 11.7 Å². The highest BCUT2D eigenvalue weighted by atomic mass is 19.2. The van der Waals surface area contributed by atoms with E-state index in [1.54, 1.807) is 31.3 Å². The number of anilines is 1. The molecule has 2 heterocycles. The SMILES string of the molecule is Cc1cc(-c2nc3ncccc3o2)ccc1NC(=O)c1c(F)c(F)c(F)c(F)c1F. The van der Waals surface area contributed by atoms with Crippen LogP contribution in [0.15, 0.2) is 40.9 Å². The minimum Gasteiger partial charge on any atom is -0.434 e. The Morgan fingerprint density at radius 3 is 2.27 bits per heavy atom. The van der Waals surface area contributed by atoms with Crippen LogP contribution in [-0.2, 0) is 0 Å². The largest absolute Gasteiger partial charge is 0.434 e. The van der Waals surface area contributed by atoms with E-state index in [0.29, 0.717) is 22.4 Å². The first kappa shape index (κ1) is 19.5. The molecule has 0 atom stereocenters. The summed E-state index contributed by atoms with van der Waals surface area (Å²) < 4.78 is 73.1. The minimum absolute atomic E-state index is 0.0990. The lowest BCUT2D eigenvalue weighted by Crippen LogP contribution is -2.19. The van der Waals surface area contributed by atoms with E-state index in [1.165, 1.54) is 12.1 Å². The van der Waals surface area contributed by atoms with E-state index in [2.05, 4.69) is 15.3 Å². The Hall–Kier alpha value is -3.82. The number of amides is 1. The van der Waals surface area contributed by atoms with Gasteiger partial charge in [0.25, 0.3) is 5.91 Å². The van der Waals surface area contributed by atoms with Crippen LogP contribution in [0.2, 0.25) is 0 Å². The zero-order valence-corrected chi connectivity index (χ0v) is 15.1. The summed E-state index contributed by atoms with van der Waals surface area (Å²) in [6.07, 6.45) is 1.55. The number of benzene rings is 2. The van der Waals surface area contributed by atoms with Crippen molar-refractivity contribution in [2.45, 2.75) is 6.92 Å². The molecule has 10 heteroatoms. The van der Waals surface area contributed by atoms with Gasteiger partial charge in [0.05, 0.1) is 0 Å². The summed E-state index contributed by atoms with van der Waals surface area (Å²) in [5.41, 5.74) is 0.351. The molecule has 0 radical (unpaired) electrons. The monoisotopic (exact) mass is 419 g/mol. The molecular formula is C20H10F5N3O2. The number of carbonyl (C=O) groups excluding carboxylic acids is 1. The van der Waals surface area contributed by atoms with E-state index in [0.717, 1.165) is 0 Å². The van der Waals surface area contributed by atoms with Gasteiger partial charge in [0.1, 0.15) is 5.56 Å². The number of aryl methyl sites for hydroxylation is 1. The number of halogens is 5. The molecule has 2 aromatic carbocycles. The van der Waals surface area contributed by atoms with Crippen LogP contribution in [0.25, 0.3) is 22.7 Å². The second-order valence-corrected chi connectivity index (χ2v) is 6.27. The lowest BCUT2D eigenvalue weighted by Gasteiger charge is -2.11. The number of carbonyl (C=O) groups is 1. The van der Waals surface area contributed by atoms with Crippen molar-refractivity contribution in [2.24, 2.45) is 0 Å². The molecule has 0 fully saturated rings. The molecule has 0 aliphatic heterocycles. The maximum atomic E-state index is 13.8. The van der Waals surface area contributed by atoms with Crippen molar-refractivity contribution in [1.82, 2.24) is 9.97 Å². The van der Waals surface area contributed by atoms with E-state index in [1.807, 2.05) is 0 Å². The summed E-state index contributed by atoms with van der Waals surface area (Å²) in [6.45, 7) is 1.57. The molecule has 1 N–H and O–H groups in total. The van der Waals surface area contributed by atoms with Gasteiger partial charge in [0.15, 0.2) is 34.5 Å². The van der Waals surface area contributed by atoms with Crippen LogP contribution in [0.4, 0.5) is 27.6 Å². The van der Waals surface area contributed by atoms with Crippen molar-refractivity contribution in [2.75, 3.05) is 5.32 Å². The van der Waals surface area contributed by atoms with Gasteiger partial charge < -0.3 is 9.73 Å². The van der Waals surface area contributed by atoms with E-state index < -0.39 is 40.6 Å². The fraction of sp³-hybridized carbons (Fsp3) is 0.0500. The third-order valence-electron chi connectivity index (χ3n) is 4.32.